The molecule has 0 aliphatic carbocycles. The first-order valence-corrected chi connectivity index (χ1v) is 6.13. The van der Waals surface area contributed by atoms with Gasteiger partial charge in [0.05, 0.1) is 10.5 Å². The Labute approximate surface area is 123 Å². The van der Waals surface area contributed by atoms with Crippen molar-refractivity contribution < 1.29 is 14.1 Å². The number of rotatable bonds is 3. The van der Waals surface area contributed by atoms with Crippen LogP contribution in [0.15, 0.2) is 30.5 Å². The van der Waals surface area contributed by atoms with Gasteiger partial charge in [-0.3, -0.25) is 14.9 Å². The van der Waals surface area contributed by atoms with Crippen LogP contribution in [-0.2, 0) is 0 Å². The third-order valence-electron chi connectivity index (χ3n) is 2.70. The first kappa shape index (κ1) is 14.9. The van der Waals surface area contributed by atoms with Crippen molar-refractivity contribution in [3.8, 4) is 0 Å². The van der Waals surface area contributed by atoms with Crippen molar-refractivity contribution in [1.29, 1.82) is 0 Å². The fraction of sp³-hybridized carbons (Fsp3) is 0.0769. The highest BCUT2D eigenvalue weighted by Crippen LogP contribution is 2.21. The van der Waals surface area contributed by atoms with E-state index in [0.29, 0.717) is 11.3 Å². The van der Waals surface area contributed by atoms with E-state index in [1.54, 1.807) is 6.92 Å². The summed E-state index contributed by atoms with van der Waals surface area (Å²) < 4.78 is 13.1. The van der Waals surface area contributed by atoms with Gasteiger partial charge in [-0.1, -0.05) is 11.6 Å². The number of aromatic nitrogens is 1. The summed E-state index contributed by atoms with van der Waals surface area (Å²) >= 11 is 5.76. The summed E-state index contributed by atoms with van der Waals surface area (Å²) in [6, 6.07) is 5.05. The van der Waals surface area contributed by atoms with E-state index in [9.17, 15) is 19.3 Å². The first-order chi connectivity index (χ1) is 9.88. The molecule has 1 heterocycles. The maximum atomic E-state index is 13.1. The highest BCUT2D eigenvalue weighted by atomic mass is 35.5. The summed E-state index contributed by atoms with van der Waals surface area (Å²) in [6.07, 6.45) is 0.959. The number of anilines is 1. The van der Waals surface area contributed by atoms with Crippen LogP contribution in [0.2, 0.25) is 5.15 Å². The minimum Gasteiger partial charge on any atom is -0.322 e. The topological polar surface area (TPSA) is 85.1 Å². The molecule has 108 valence electrons. The summed E-state index contributed by atoms with van der Waals surface area (Å²) in [5.74, 6) is -1.06. The van der Waals surface area contributed by atoms with Crippen molar-refractivity contribution >= 4 is 28.9 Å². The monoisotopic (exact) mass is 309 g/mol. The molecule has 0 fully saturated rings. The third kappa shape index (κ3) is 3.32. The lowest BCUT2D eigenvalue weighted by atomic mass is 10.2. The van der Waals surface area contributed by atoms with Gasteiger partial charge in [0.1, 0.15) is 17.2 Å². The van der Waals surface area contributed by atoms with Gasteiger partial charge < -0.3 is 5.32 Å². The molecule has 0 aliphatic rings. The zero-order valence-corrected chi connectivity index (χ0v) is 11.5. The van der Waals surface area contributed by atoms with Crippen molar-refractivity contribution in [2.24, 2.45) is 0 Å². The van der Waals surface area contributed by atoms with Crippen molar-refractivity contribution in [2.75, 3.05) is 5.32 Å². The number of pyridine rings is 1. The molecule has 1 amide bonds. The van der Waals surface area contributed by atoms with E-state index in [4.69, 9.17) is 11.6 Å². The second-order valence-corrected chi connectivity index (χ2v) is 4.57. The molecule has 2 rings (SSSR count). The third-order valence-corrected chi connectivity index (χ3v) is 3.00. The van der Waals surface area contributed by atoms with Crippen LogP contribution in [0.4, 0.5) is 15.8 Å². The van der Waals surface area contributed by atoms with Gasteiger partial charge in [0, 0.05) is 11.8 Å². The zero-order chi connectivity index (χ0) is 15.6. The van der Waals surface area contributed by atoms with E-state index in [1.165, 1.54) is 18.2 Å². The number of amides is 1. The molecule has 0 atom stereocenters. The first-order valence-electron chi connectivity index (χ1n) is 5.76. The predicted octanol–water partition coefficient (Wildman–Crippen LogP) is 3.34. The lowest BCUT2D eigenvalue weighted by molar-refractivity contribution is -0.385. The molecule has 6 nitrogen and oxygen atoms in total. The summed E-state index contributed by atoms with van der Waals surface area (Å²) in [4.78, 5) is 25.6. The molecule has 0 spiro atoms. The van der Waals surface area contributed by atoms with Crippen molar-refractivity contribution in [1.82, 2.24) is 4.98 Å². The van der Waals surface area contributed by atoms with E-state index in [2.05, 4.69) is 10.3 Å². The molecule has 21 heavy (non-hydrogen) atoms. The normalized spacial score (nSPS) is 10.2. The minimum atomic E-state index is -0.678. The molecule has 0 bridgehead atoms. The van der Waals surface area contributed by atoms with Crippen LogP contribution in [-0.4, -0.2) is 15.8 Å². The smallest absolute Gasteiger partial charge is 0.288 e. The Morgan fingerprint density at radius 2 is 2.14 bits per heavy atom. The van der Waals surface area contributed by atoms with E-state index in [0.717, 1.165) is 12.3 Å². The Kier molecular flexibility index (Phi) is 4.13. The number of aryl methyl sites for hydroxylation is 1. The standard InChI is InChI=1S/C13H9ClFN3O3/c1-7-4-8(2-3-11(7)15)17-13(19)10-5-9(18(20)21)6-16-12(10)14/h2-6H,1H3,(H,17,19). The Morgan fingerprint density at radius 3 is 2.76 bits per heavy atom. The number of hydrogen-bond donors (Lipinski definition) is 1. The van der Waals surface area contributed by atoms with Crippen LogP contribution < -0.4 is 5.32 Å². The van der Waals surface area contributed by atoms with Crippen molar-refractivity contribution in [2.45, 2.75) is 6.92 Å². The van der Waals surface area contributed by atoms with Crippen LogP contribution in [0.1, 0.15) is 15.9 Å². The Bertz CT molecular complexity index is 737. The van der Waals surface area contributed by atoms with Gasteiger partial charge in [0.15, 0.2) is 0 Å². The van der Waals surface area contributed by atoms with E-state index < -0.39 is 16.6 Å². The number of carbonyl (C=O) groups excluding carboxylic acids is 1. The number of carbonyl (C=O) groups is 1. The maximum absolute atomic E-state index is 13.1. The summed E-state index contributed by atoms with van der Waals surface area (Å²) in [7, 11) is 0. The van der Waals surface area contributed by atoms with Crippen LogP contribution in [0.25, 0.3) is 0 Å². The quantitative estimate of drug-likeness (QED) is 0.535. The van der Waals surface area contributed by atoms with Crippen LogP contribution in [0, 0.1) is 22.9 Å². The molecule has 1 aromatic carbocycles. The maximum Gasteiger partial charge on any atom is 0.288 e. The number of nitrogens with zero attached hydrogens (tertiary/aromatic N) is 2. The lowest BCUT2D eigenvalue weighted by Crippen LogP contribution is -2.13. The molecule has 8 heteroatoms. The molecule has 1 N–H and O–H groups in total. The highest BCUT2D eigenvalue weighted by Gasteiger charge is 2.17. The van der Waals surface area contributed by atoms with Crippen LogP contribution >= 0.6 is 11.6 Å². The summed E-state index contributed by atoms with van der Waals surface area (Å²) in [5.41, 5.74) is 0.227. The van der Waals surface area contributed by atoms with Gasteiger partial charge >= 0.3 is 0 Å². The molecule has 0 unspecified atom stereocenters. The molecule has 2 aromatic rings. The van der Waals surface area contributed by atoms with Crippen molar-refractivity contribution in [3.05, 3.63) is 62.7 Å². The van der Waals surface area contributed by atoms with Crippen LogP contribution in [0.3, 0.4) is 0 Å². The number of benzene rings is 1. The van der Waals surface area contributed by atoms with Gasteiger partial charge in [-0.05, 0) is 30.7 Å². The molecule has 0 aliphatic heterocycles. The average Bonchev–Trinajstić information content (AvgIpc) is 2.43. The van der Waals surface area contributed by atoms with Gasteiger partial charge in [-0.25, -0.2) is 9.37 Å². The molecule has 0 radical (unpaired) electrons. The lowest BCUT2D eigenvalue weighted by Gasteiger charge is -2.07. The Balaban J connectivity index is 2.29. The largest absolute Gasteiger partial charge is 0.322 e. The van der Waals surface area contributed by atoms with Crippen LogP contribution in [0.5, 0.6) is 0 Å². The number of nitrogens with one attached hydrogen (secondary N) is 1. The fourth-order valence-corrected chi connectivity index (χ4v) is 1.81. The van der Waals surface area contributed by atoms with Gasteiger partial charge in [-0.2, -0.15) is 0 Å². The zero-order valence-electron chi connectivity index (χ0n) is 10.8. The van der Waals surface area contributed by atoms with Gasteiger partial charge in [0.2, 0.25) is 0 Å². The SMILES string of the molecule is Cc1cc(NC(=O)c2cc([N+](=O)[O-])cnc2Cl)ccc1F. The van der Waals surface area contributed by atoms with Gasteiger partial charge in [-0.15, -0.1) is 0 Å². The predicted molar refractivity (Wildman–Crippen MR) is 75.0 cm³/mol. The molecular formula is C13H9ClFN3O3. The van der Waals surface area contributed by atoms with Gasteiger partial charge in [0.25, 0.3) is 11.6 Å². The fourth-order valence-electron chi connectivity index (χ4n) is 1.62. The van der Waals surface area contributed by atoms with E-state index in [1.807, 2.05) is 0 Å². The van der Waals surface area contributed by atoms with E-state index in [-0.39, 0.29) is 16.4 Å². The number of hydrogen-bond acceptors (Lipinski definition) is 4. The molecule has 1 aromatic heterocycles. The highest BCUT2D eigenvalue weighted by molar-refractivity contribution is 6.33. The molecule has 0 saturated heterocycles. The van der Waals surface area contributed by atoms with E-state index >= 15 is 0 Å². The number of halogens is 2. The second kappa shape index (κ2) is 5.84. The summed E-state index contributed by atoms with van der Waals surface area (Å²) in [6.45, 7) is 1.55. The number of nitro groups is 1. The Hall–Kier alpha value is -2.54. The average molecular weight is 310 g/mol. The molecular weight excluding hydrogens is 301 g/mol. The Morgan fingerprint density at radius 1 is 1.43 bits per heavy atom. The molecule has 0 saturated carbocycles. The summed E-state index contributed by atoms with van der Waals surface area (Å²) in [5, 5.41) is 13.0. The minimum absolute atomic E-state index is 0.132. The van der Waals surface area contributed by atoms with Crippen molar-refractivity contribution in [3.63, 3.8) is 0 Å². The second-order valence-electron chi connectivity index (χ2n) is 4.21.